The van der Waals surface area contributed by atoms with Crippen molar-refractivity contribution in [2.24, 2.45) is 0 Å². The van der Waals surface area contributed by atoms with Gasteiger partial charge in [0.2, 0.25) is 0 Å². The normalized spacial score (nSPS) is 16.0. The second-order valence-corrected chi connectivity index (χ2v) is 6.79. The zero-order valence-electron chi connectivity index (χ0n) is 14.9. The molecule has 7 nitrogen and oxygen atoms in total. The standard InChI is InChI=1S/C18H23ClN2O5/c1-3-20(14-7-5-4-6-8-14)17(22)12(2)26-18(23)13-9-10-15(19)16(11-13)21(24)25/h9-12,14H,3-8H2,1-2H3/t12-/m1/s1. The van der Waals surface area contributed by atoms with Crippen LogP contribution in [0.4, 0.5) is 5.69 Å². The van der Waals surface area contributed by atoms with Crippen LogP contribution in [0, 0.1) is 10.1 Å². The first kappa shape index (κ1) is 20.2. The van der Waals surface area contributed by atoms with E-state index in [0.717, 1.165) is 31.7 Å². The van der Waals surface area contributed by atoms with Crippen LogP contribution >= 0.6 is 11.6 Å². The van der Waals surface area contributed by atoms with Crippen molar-refractivity contribution in [1.82, 2.24) is 4.90 Å². The lowest BCUT2D eigenvalue weighted by molar-refractivity contribution is -0.384. The molecule has 0 spiro atoms. The number of nitro groups is 1. The molecule has 26 heavy (non-hydrogen) atoms. The predicted octanol–water partition coefficient (Wildman–Crippen LogP) is 3.97. The Balaban J connectivity index is 2.06. The first-order valence-electron chi connectivity index (χ1n) is 8.80. The average Bonchev–Trinajstić information content (AvgIpc) is 2.63. The minimum Gasteiger partial charge on any atom is -0.449 e. The fraction of sp³-hybridized carbons (Fsp3) is 0.556. The molecule has 1 aliphatic carbocycles. The summed E-state index contributed by atoms with van der Waals surface area (Å²) in [5.74, 6) is -1.03. The zero-order valence-corrected chi connectivity index (χ0v) is 15.7. The highest BCUT2D eigenvalue weighted by molar-refractivity contribution is 6.32. The molecule has 2 rings (SSSR count). The summed E-state index contributed by atoms with van der Waals surface area (Å²) < 4.78 is 5.25. The lowest BCUT2D eigenvalue weighted by Gasteiger charge is -2.35. The van der Waals surface area contributed by atoms with E-state index < -0.39 is 17.0 Å². The molecule has 1 aliphatic rings. The molecule has 0 aromatic heterocycles. The van der Waals surface area contributed by atoms with Crippen LogP contribution in [-0.4, -0.2) is 40.4 Å². The summed E-state index contributed by atoms with van der Waals surface area (Å²) in [5, 5.41) is 10.9. The monoisotopic (exact) mass is 382 g/mol. The van der Waals surface area contributed by atoms with Crippen molar-refractivity contribution >= 4 is 29.2 Å². The molecule has 0 bridgehead atoms. The average molecular weight is 383 g/mol. The molecular weight excluding hydrogens is 360 g/mol. The van der Waals surface area contributed by atoms with Crippen LogP contribution in [0.2, 0.25) is 5.02 Å². The molecule has 0 radical (unpaired) electrons. The molecule has 1 saturated carbocycles. The number of nitro benzene ring substituents is 1. The summed E-state index contributed by atoms with van der Waals surface area (Å²) in [6, 6.07) is 3.84. The van der Waals surface area contributed by atoms with Gasteiger partial charge in [0, 0.05) is 18.7 Å². The summed E-state index contributed by atoms with van der Waals surface area (Å²) >= 11 is 5.74. The molecule has 142 valence electrons. The van der Waals surface area contributed by atoms with E-state index in [1.165, 1.54) is 25.5 Å². The maximum atomic E-state index is 12.7. The number of rotatable bonds is 6. The van der Waals surface area contributed by atoms with Crippen molar-refractivity contribution in [3.63, 3.8) is 0 Å². The Morgan fingerprint density at radius 2 is 2.00 bits per heavy atom. The highest BCUT2D eigenvalue weighted by Gasteiger charge is 2.30. The van der Waals surface area contributed by atoms with Crippen LogP contribution in [-0.2, 0) is 9.53 Å². The first-order chi connectivity index (χ1) is 12.3. The van der Waals surface area contributed by atoms with Gasteiger partial charge >= 0.3 is 5.97 Å². The van der Waals surface area contributed by atoms with E-state index in [1.54, 1.807) is 4.90 Å². The van der Waals surface area contributed by atoms with Gasteiger partial charge in [-0.25, -0.2) is 4.79 Å². The number of hydrogen-bond donors (Lipinski definition) is 0. The number of esters is 1. The number of carbonyl (C=O) groups excluding carboxylic acids is 2. The van der Waals surface area contributed by atoms with E-state index in [9.17, 15) is 19.7 Å². The van der Waals surface area contributed by atoms with Crippen molar-refractivity contribution in [3.05, 3.63) is 38.9 Å². The first-order valence-corrected chi connectivity index (χ1v) is 9.18. The lowest BCUT2D eigenvalue weighted by Crippen LogP contribution is -2.46. The van der Waals surface area contributed by atoms with Gasteiger partial charge in [0.15, 0.2) is 6.10 Å². The number of carbonyl (C=O) groups is 2. The Morgan fingerprint density at radius 3 is 2.58 bits per heavy atom. The fourth-order valence-electron chi connectivity index (χ4n) is 3.28. The summed E-state index contributed by atoms with van der Waals surface area (Å²) in [6.07, 6.45) is 4.34. The Bertz CT molecular complexity index is 688. The highest BCUT2D eigenvalue weighted by Crippen LogP contribution is 2.26. The van der Waals surface area contributed by atoms with E-state index in [2.05, 4.69) is 0 Å². The molecule has 1 aromatic carbocycles. The van der Waals surface area contributed by atoms with Crippen LogP contribution in [0.1, 0.15) is 56.3 Å². The van der Waals surface area contributed by atoms with E-state index in [0.29, 0.717) is 6.54 Å². The molecule has 1 fully saturated rings. The topological polar surface area (TPSA) is 89.8 Å². The highest BCUT2D eigenvalue weighted by atomic mass is 35.5. The maximum Gasteiger partial charge on any atom is 0.339 e. The minimum atomic E-state index is -0.959. The van der Waals surface area contributed by atoms with Crippen molar-refractivity contribution < 1.29 is 19.2 Å². The van der Waals surface area contributed by atoms with Crippen LogP contribution in [0.25, 0.3) is 0 Å². The number of hydrogen-bond acceptors (Lipinski definition) is 5. The van der Waals surface area contributed by atoms with Crippen LogP contribution < -0.4 is 0 Å². The van der Waals surface area contributed by atoms with Gasteiger partial charge in [-0.05, 0) is 38.8 Å². The Kier molecular flexibility index (Phi) is 6.97. The second kappa shape index (κ2) is 8.98. The summed E-state index contributed by atoms with van der Waals surface area (Å²) in [7, 11) is 0. The summed E-state index contributed by atoms with van der Waals surface area (Å²) in [6.45, 7) is 3.98. The van der Waals surface area contributed by atoms with Crippen LogP contribution in [0.3, 0.4) is 0 Å². The molecule has 8 heteroatoms. The lowest BCUT2D eigenvalue weighted by atomic mass is 9.94. The van der Waals surface area contributed by atoms with E-state index in [1.807, 2.05) is 6.92 Å². The van der Waals surface area contributed by atoms with Gasteiger partial charge in [0.25, 0.3) is 11.6 Å². The summed E-state index contributed by atoms with van der Waals surface area (Å²) in [5.41, 5.74) is -0.390. The second-order valence-electron chi connectivity index (χ2n) is 6.39. The largest absolute Gasteiger partial charge is 0.449 e. The van der Waals surface area contributed by atoms with Gasteiger partial charge in [-0.2, -0.15) is 0 Å². The van der Waals surface area contributed by atoms with Gasteiger partial charge < -0.3 is 9.64 Å². The number of amides is 1. The number of ether oxygens (including phenoxy) is 1. The SMILES string of the molecule is CCN(C(=O)[C@@H](C)OC(=O)c1ccc(Cl)c([N+](=O)[O-])c1)C1CCCCC1. The van der Waals surface area contributed by atoms with E-state index in [4.69, 9.17) is 16.3 Å². The molecule has 0 N–H and O–H groups in total. The molecule has 1 atom stereocenters. The van der Waals surface area contributed by atoms with Crippen molar-refractivity contribution in [3.8, 4) is 0 Å². The van der Waals surface area contributed by atoms with Crippen LogP contribution in [0.5, 0.6) is 0 Å². The fourth-order valence-corrected chi connectivity index (χ4v) is 3.47. The van der Waals surface area contributed by atoms with Crippen molar-refractivity contribution in [1.29, 1.82) is 0 Å². The number of benzene rings is 1. The molecule has 1 aromatic rings. The molecule has 0 unspecified atom stereocenters. The molecule has 1 amide bonds. The van der Waals surface area contributed by atoms with Crippen molar-refractivity contribution in [2.75, 3.05) is 6.54 Å². The van der Waals surface area contributed by atoms with Gasteiger partial charge in [-0.15, -0.1) is 0 Å². The molecule has 0 saturated heterocycles. The Morgan fingerprint density at radius 1 is 1.35 bits per heavy atom. The van der Waals surface area contributed by atoms with Gasteiger partial charge in [0.1, 0.15) is 5.02 Å². The Hall–Kier alpha value is -2.15. The third-order valence-electron chi connectivity index (χ3n) is 4.65. The number of likely N-dealkylation sites (N-methyl/N-ethyl adjacent to an activating group) is 1. The van der Waals surface area contributed by atoms with Crippen LogP contribution in [0.15, 0.2) is 18.2 Å². The molecule has 0 aliphatic heterocycles. The number of nitrogens with zero attached hydrogens (tertiary/aromatic N) is 2. The van der Waals surface area contributed by atoms with E-state index >= 15 is 0 Å². The molecular formula is C18H23ClN2O5. The smallest absolute Gasteiger partial charge is 0.339 e. The van der Waals surface area contributed by atoms with Crippen molar-refractivity contribution in [2.45, 2.75) is 58.1 Å². The zero-order chi connectivity index (χ0) is 19.3. The molecule has 0 heterocycles. The third-order valence-corrected chi connectivity index (χ3v) is 4.97. The maximum absolute atomic E-state index is 12.7. The Labute approximate surface area is 157 Å². The quantitative estimate of drug-likeness (QED) is 0.421. The van der Waals surface area contributed by atoms with Gasteiger partial charge in [0.05, 0.1) is 10.5 Å². The predicted molar refractivity (Wildman–Crippen MR) is 97.2 cm³/mol. The third kappa shape index (κ3) is 4.72. The number of halogens is 1. The summed E-state index contributed by atoms with van der Waals surface area (Å²) in [4.78, 5) is 37.0. The van der Waals surface area contributed by atoms with E-state index in [-0.39, 0.29) is 28.2 Å². The van der Waals surface area contributed by atoms with Gasteiger partial charge in [-0.1, -0.05) is 30.9 Å². The minimum absolute atomic E-state index is 0.0125. The van der Waals surface area contributed by atoms with Gasteiger partial charge in [-0.3, -0.25) is 14.9 Å².